The zero-order valence-electron chi connectivity index (χ0n) is 7.47. The van der Waals surface area contributed by atoms with Crippen molar-refractivity contribution in [2.75, 3.05) is 6.61 Å². The first-order valence-corrected chi connectivity index (χ1v) is 3.87. The smallest absolute Gasteiger partial charge is 0.309 e. The minimum absolute atomic E-state index is 0.0136. The van der Waals surface area contributed by atoms with Crippen LogP contribution in [0, 0.1) is 17.0 Å². The monoisotopic (exact) mass is 185 g/mol. The Labute approximate surface area is 74.9 Å². The molecule has 1 atom stereocenters. The van der Waals surface area contributed by atoms with Gasteiger partial charge >= 0.3 is 5.69 Å². The summed E-state index contributed by atoms with van der Waals surface area (Å²) in [6, 6.07) is -0.228. The largest absolute Gasteiger partial charge is 0.394 e. The molecule has 0 saturated heterocycles. The van der Waals surface area contributed by atoms with Crippen LogP contribution < -0.4 is 0 Å². The lowest BCUT2D eigenvalue weighted by Gasteiger charge is -2.09. The highest BCUT2D eigenvalue weighted by Gasteiger charge is 2.18. The number of aromatic nitrogens is 2. The van der Waals surface area contributed by atoms with Crippen molar-refractivity contribution in [2.24, 2.45) is 0 Å². The fourth-order valence-electron chi connectivity index (χ4n) is 1.12. The third kappa shape index (κ3) is 1.67. The molecule has 0 aliphatic heterocycles. The van der Waals surface area contributed by atoms with Gasteiger partial charge in [-0.3, -0.25) is 14.8 Å². The molecular formula is C7H11N3O3. The molecule has 1 heterocycles. The van der Waals surface area contributed by atoms with Crippen LogP contribution in [-0.4, -0.2) is 26.4 Å². The third-order valence-corrected chi connectivity index (χ3v) is 1.90. The fraction of sp³-hybridized carbons (Fsp3) is 0.571. The van der Waals surface area contributed by atoms with E-state index in [1.54, 1.807) is 13.8 Å². The first-order valence-electron chi connectivity index (χ1n) is 3.87. The summed E-state index contributed by atoms with van der Waals surface area (Å²) in [6.45, 7) is 3.26. The lowest BCUT2D eigenvalue weighted by Crippen LogP contribution is -2.12. The summed E-state index contributed by atoms with van der Waals surface area (Å²) in [7, 11) is 0. The Kier molecular flexibility index (Phi) is 2.62. The Morgan fingerprint density at radius 2 is 2.46 bits per heavy atom. The molecule has 0 aromatic carbocycles. The lowest BCUT2D eigenvalue weighted by molar-refractivity contribution is -0.385. The summed E-state index contributed by atoms with van der Waals surface area (Å²) in [5.74, 6) is 0. The molecular weight excluding hydrogens is 174 g/mol. The van der Waals surface area contributed by atoms with Crippen LogP contribution in [0.4, 0.5) is 5.69 Å². The second kappa shape index (κ2) is 3.53. The molecule has 13 heavy (non-hydrogen) atoms. The Hall–Kier alpha value is -1.43. The zero-order valence-corrected chi connectivity index (χ0v) is 7.47. The average molecular weight is 185 g/mol. The molecule has 0 bridgehead atoms. The first kappa shape index (κ1) is 9.66. The molecule has 1 aromatic rings. The van der Waals surface area contributed by atoms with Crippen LogP contribution in [0.3, 0.4) is 0 Å². The van der Waals surface area contributed by atoms with Crippen LogP contribution in [0.25, 0.3) is 0 Å². The topological polar surface area (TPSA) is 81.2 Å². The van der Waals surface area contributed by atoms with Crippen molar-refractivity contribution >= 4 is 5.69 Å². The molecule has 0 aliphatic carbocycles. The van der Waals surface area contributed by atoms with E-state index in [1.807, 2.05) is 0 Å². The SMILES string of the molecule is Cc1c([N+](=O)[O-])cnn1C(C)CO. The van der Waals surface area contributed by atoms with Crippen molar-refractivity contribution in [1.29, 1.82) is 0 Å². The molecule has 1 rings (SSSR count). The van der Waals surface area contributed by atoms with Gasteiger partial charge < -0.3 is 5.11 Å². The van der Waals surface area contributed by atoms with Gasteiger partial charge in [-0.25, -0.2) is 0 Å². The molecule has 0 saturated carbocycles. The van der Waals surface area contributed by atoms with Crippen LogP contribution in [0.2, 0.25) is 0 Å². The summed E-state index contributed by atoms with van der Waals surface area (Å²) in [6.07, 6.45) is 1.20. The quantitative estimate of drug-likeness (QED) is 0.553. The maximum atomic E-state index is 10.4. The average Bonchev–Trinajstić information content (AvgIpc) is 2.46. The van der Waals surface area contributed by atoms with E-state index in [0.717, 1.165) is 0 Å². The van der Waals surface area contributed by atoms with E-state index in [0.29, 0.717) is 5.69 Å². The molecule has 0 radical (unpaired) electrons. The molecule has 6 nitrogen and oxygen atoms in total. The number of nitro groups is 1. The predicted octanol–water partition coefficient (Wildman–Crippen LogP) is 0.653. The predicted molar refractivity (Wildman–Crippen MR) is 45.4 cm³/mol. The van der Waals surface area contributed by atoms with Crippen molar-refractivity contribution in [3.05, 3.63) is 22.0 Å². The number of aliphatic hydroxyl groups is 1. The van der Waals surface area contributed by atoms with Gasteiger partial charge in [-0.2, -0.15) is 5.10 Å². The van der Waals surface area contributed by atoms with E-state index in [2.05, 4.69) is 5.10 Å². The van der Waals surface area contributed by atoms with Gasteiger partial charge in [0.1, 0.15) is 11.9 Å². The Balaban J connectivity index is 3.06. The standard InChI is InChI=1S/C7H11N3O3/c1-5(4-11)9-6(2)7(3-8-9)10(12)13/h3,5,11H,4H2,1-2H3. The van der Waals surface area contributed by atoms with Gasteiger partial charge in [-0.1, -0.05) is 0 Å². The Morgan fingerprint density at radius 3 is 2.85 bits per heavy atom. The highest BCUT2D eigenvalue weighted by molar-refractivity contribution is 5.31. The second-order valence-corrected chi connectivity index (χ2v) is 2.85. The molecule has 1 N–H and O–H groups in total. The van der Waals surface area contributed by atoms with Crippen LogP contribution in [0.15, 0.2) is 6.20 Å². The van der Waals surface area contributed by atoms with E-state index in [4.69, 9.17) is 5.11 Å². The molecule has 1 unspecified atom stereocenters. The molecule has 6 heteroatoms. The van der Waals surface area contributed by atoms with Gasteiger partial charge in [0.15, 0.2) is 0 Å². The molecule has 0 spiro atoms. The lowest BCUT2D eigenvalue weighted by atomic mass is 10.3. The maximum Gasteiger partial charge on any atom is 0.309 e. The number of rotatable bonds is 3. The van der Waals surface area contributed by atoms with E-state index < -0.39 is 4.92 Å². The zero-order chi connectivity index (χ0) is 10.0. The van der Waals surface area contributed by atoms with Crippen molar-refractivity contribution in [2.45, 2.75) is 19.9 Å². The highest BCUT2D eigenvalue weighted by atomic mass is 16.6. The minimum atomic E-state index is -0.483. The number of hydrogen-bond donors (Lipinski definition) is 1. The number of nitrogens with zero attached hydrogens (tertiary/aromatic N) is 3. The number of aliphatic hydroxyl groups excluding tert-OH is 1. The first-order chi connectivity index (χ1) is 6.07. The Bertz CT molecular complexity index is 321. The Morgan fingerprint density at radius 1 is 1.85 bits per heavy atom. The van der Waals surface area contributed by atoms with Gasteiger partial charge in [0.2, 0.25) is 0 Å². The van der Waals surface area contributed by atoms with Gasteiger partial charge in [0.05, 0.1) is 17.6 Å². The molecule has 72 valence electrons. The second-order valence-electron chi connectivity index (χ2n) is 2.85. The van der Waals surface area contributed by atoms with Crippen LogP contribution in [0.1, 0.15) is 18.7 Å². The molecule has 0 amide bonds. The van der Waals surface area contributed by atoms with Gasteiger partial charge in [0, 0.05) is 0 Å². The fourth-order valence-corrected chi connectivity index (χ4v) is 1.12. The summed E-state index contributed by atoms with van der Waals surface area (Å²) >= 11 is 0. The molecule has 0 aliphatic rings. The van der Waals surface area contributed by atoms with Crippen LogP contribution in [-0.2, 0) is 0 Å². The summed E-state index contributed by atoms with van der Waals surface area (Å²) in [4.78, 5) is 9.95. The van der Waals surface area contributed by atoms with Crippen molar-refractivity contribution in [3.63, 3.8) is 0 Å². The van der Waals surface area contributed by atoms with E-state index >= 15 is 0 Å². The maximum absolute atomic E-state index is 10.4. The third-order valence-electron chi connectivity index (χ3n) is 1.90. The van der Waals surface area contributed by atoms with Crippen molar-refractivity contribution in [1.82, 2.24) is 9.78 Å². The normalized spacial score (nSPS) is 12.8. The summed E-state index contributed by atoms with van der Waals surface area (Å²) in [5, 5.41) is 23.1. The van der Waals surface area contributed by atoms with E-state index in [9.17, 15) is 10.1 Å². The van der Waals surface area contributed by atoms with Crippen LogP contribution >= 0.6 is 0 Å². The summed E-state index contributed by atoms with van der Waals surface area (Å²) in [5.41, 5.74) is 0.451. The van der Waals surface area contributed by atoms with E-state index in [1.165, 1.54) is 10.9 Å². The minimum Gasteiger partial charge on any atom is -0.394 e. The van der Waals surface area contributed by atoms with Gasteiger partial charge in [0.25, 0.3) is 0 Å². The van der Waals surface area contributed by atoms with Gasteiger partial charge in [-0.05, 0) is 13.8 Å². The van der Waals surface area contributed by atoms with E-state index in [-0.39, 0.29) is 18.3 Å². The number of hydrogen-bond acceptors (Lipinski definition) is 4. The highest BCUT2D eigenvalue weighted by Crippen LogP contribution is 2.19. The summed E-state index contributed by atoms with van der Waals surface area (Å²) < 4.78 is 1.44. The molecule has 1 aromatic heterocycles. The van der Waals surface area contributed by atoms with Crippen molar-refractivity contribution < 1.29 is 10.0 Å². The van der Waals surface area contributed by atoms with Gasteiger partial charge in [-0.15, -0.1) is 0 Å². The molecule has 0 fully saturated rings. The van der Waals surface area contributed by atoms with Crippen molar-refractivity contribution in [3.8, 4) is 0 Å². The van der Waals surface area contributed by atoms with Crippen LogP contribution in [0.5, 0.6) is 0 Å².